The molecular formula is C25H29N3O3S2. The Bertz CT molecular complexity index is 1010. The summed E-state index contributed by atoms with van der Waals surface area (Å²) in [5, 5.41) is 10.9. The van der Waals surface area contributed by atoms with Gasteiger partial charge in [-0.1, -0.05) is 85.1 Å². The number of methoxy groups -OCH3 is 1. The molecule has 6 nitrogen and oxygen atoms in total. The Morgan fingerprint density at radius 2 is 1.42 bits per heavy atom. The number of hydrogen-bond acceptors (Lipinski definition) is 6. The molecule has 0 atom stereocenters. The maximum absolute atomic E-state index is 13.1. The van der Waals surface area contributed by atoms with E-state index >= 15 is 0 Å². The standard InChI is InChI=1S/C25H29N3O3S2/c1-27(24(32)19-10-6-4-7-11-19)17-22(29)21(16-26-14-15-31-3)23(30)18-28(2)25(33)20-12-8-5-9-13-20/h4-13,16,29H,14-15,17-18H2,1-3H3. The maximum atomic E-state index is 13.1. The summed E-state index contributed by atoms with van der Waals surface area (Å²) < 4.78 is 5.01. The number of Topliss-reactive ketones (excluding diaryl/α,β-unsaturated/α-hetero) is 1. The Morgan fingerprint density at radius 3 is 1.91 bits per heavy atom. The fraction of sp³-hybridized carbons (Fsp3) is 0.280. The van der Waals surface area contributed by atoms with Gasteiger partial charge in [-0.25, -0.2) is 0 Å². The molecule has 1 N–H and O–H groups in total. The van der Waals surface area contributed by atoms with Crippen LogP contribution in [0.25, 0.3) is 0 Å². The summed E-state index contributed by atoms with van der Waals surface area (Å²) in [7, 11) is 5.10. The van der Waals surface area contributed by atoms with Gasteiger partial charge in [0.1, 0.15) is 15.7 Å². The van der Waals surface area contributed by atoms with E-state index in [-0.39, 0.29) is 30.2 Å². The number of carbonyl (C=O) groups excluding carboxylic acids is 1. The highest BCUT2D eigenvalue weighted by molar-refractivity contribution is 7.80. The van der Waals surface area contributed by atoms with E-state index in [0.717, 1.165) is 11.1 Å². The van der Waals surface area contributed by atoms with Crippen LogP contribution in [0.5, 0.6) is 0 Å². The minimum Gasteiger partial charge on any atom is -0.510 e. The van der Waals surface area contributed by atoms with Crippen LogP contribution in [0, 0.1) is 0 Å². The Kier molecular flexibility index (Phi) is 10.8. The van der Waals surface area contributed by atoms with Crippen LogP contribution >= 0.6 is 24.4 Å². The first kappa shape index (κ1) is 26.3. The maximum Gasteiger partial charge on any atom is 0.187 e. The number of aliphatic hydroxyl groups excluding tert-OH is 1. The van der Waals surface area contributed by atoms with Crippen molar-refractivity contribution in [3.05, 3.63) is 83.1 Å². The zero-order valence-electron chi connectivity index (χ0n) is 19.1. The summed E-state index contributed by atoms with van der Waals surface area (Å²) in [5.41, 5.74) is 1.83. The van der Waals surface area contributed by atoms with Crippen molar-refractivity contribution in [1.82, 2.24) is 9.80 Å². The molecule has 0 heterocycles. The molecule has 0 saturated heterocycles. The minimum absolute atomic E-state index is 0.00371. The van der Waals surface area contributed by atoms with Crippen LogP contribution in [0.15, 0.2) is 77.0 Å². The SMILES string of the molecule is COCCN=CC(C(=O)CN(C)C(=S)c1ccccc1)=C(O)CN(C)C(=S)c1ccccc1. The second-order valence-electron chi connectivity index (χ2n) is 7.37. The van der Waals surface area contributed by atoms with E-state index in [4.69, 9.17) is 29.2 Å². The number of ketones is 1. The molecule has 0 unspecified atom stereocenters. The number of aliphatic imine (C=N–C) groups is 1. The Morgan fingerprint density at radius 1 is 0.939 bits per heavy atom. The average Bonchev–Trinajstić information content (AvgIpc) is 2.83. The Labute approximate surface area is 206 Å². The quantitative estimate of drug-likeness (QED) is 0.172. The smallest absolute Gasteiger partial charge is 0.187 e. The molecule has 0 aliphatic carbocycles. The second kappa shape index (κ2) is 13.6. The normalized spacial score (nSPS) is 11.7. The number of ether oxygens (including phenoxy) is 1. The van der Waals surface area contributed by atoms with E-state index in [0.29, 0.717) is 23.1 Å². The number of hydrogen-bond donors (Lipinski definition) is 1. The van der Waals surface area contributed by atoms with E-state index in [1.807, 2.05) is 60.7 Å². The van der Waals surface area contributed by atoms with Gasteiger partial charge in [0.05, 0.1) is 31.8 Å². The van der Waals surface area contributed by atoms with Crippen LogP contribution in [0.2, 0.25) is 0 Å². The molecule has 8 heteroatoms. The van der Waals surface area contributed by atoms with Gasteiger partial charge in [0.2, 0.25) is 0 Å². The third-order valence-corrected chi connectivity index (χ3v) is 5.85. The first-order chi connectivity index (χ1) is 15.8. The molecule has 0 aliphatic heterocycles. The highest BCUT2D eigenvalue weighted by Gasteiger charge is 2.19. The molecule has 2 aromatic carbocycles. The number of likely N-dealkylation sites (N-methyl/N-ethyl adjacent to an activating group) is 2. The van der Waals surface area contributed by atoms with Crippen molar-refractivity contribution in [3.63, 3.8) is 0 Å². The molecule has 0 fully saturated rings. The highest BCUT2D eigenvalue weighted by Crippen LogP contribution is 2.11. The molecule has 33 heavy (non-hydrogen) atoms. The molecule has 0 aromatic heterocycles. The molecule has 0 saturated carbocycles. The lowest BCUT2D eigenvalue weighted by Gasteiger charge is -2.22. The van der Waals surface area contributed by atoms with Crippen LogP contribution in [-0.4, -0.2) is 84.3 Å². The predicted molar refractivity (Wildman–Crippen MR) is 141 cm³/mol. The number of aliphatic hydroxyl groups is 1. The predicted octanol–water partition coefficient (Wildman–Crippen LogP) is 3.70. The van der Waals surface area contributed by atoms with Crippen molar-refractivity contribution in [1.29, 1.82) is 0 Å². The summed E-state index contributed by atoms with van der Waals surface area (Å²) in [6.07, 6.45) is 1.40. The van der Waals surface area contributed by atoms with E-state index in [1.54, 1.807) is 31.0 Å². The summed E-state index contributed by atoms with van der Waals surface area (Å²) in [6, 6.07) is 19.0. The molecule has 0 bridgehead atoms. The van der Waals surface area contributed by atoms with Crippen molar-refractivity contribution < 1.29 is 14.6 Å². The zero-order chi connectivity index (χ0) is 24.2. The first-order valence-electron chi connectivity index (χ1n) is 10.4. The molecule has 2 rings (SSSR count). The van der Waals surface area contributed by atoms with E-state index < -0.39 is 0 Å². The molecule has 174 valence electrons. The van der Waals surface area contributed by atoms with Gasteiger partial charge in [0, 0.05) is 38.5 Å². The average molecular weight is 484 g/mol. The zero-order valence-corrected chi connectivity index (χ0v) is 20.7. The van der Waals surface area contributed by atoms with E-state index in [9.17, 15) is 9.90 Å². The van der Waals surface area contributed by atoms with Gasteiger partial charge in [0.25, 0.3) is 0 Å². The molecular weight excluding hydrogens is 454 g/mol. The fourth-order valence-electron chi connectivity index (χ4n) is 2.96. The van der Waals surface area contributed by atoms with Crippen LogP contribution in [0.3, 0.4) is 0 Å². The lowest BCUT2D eigenvalue weighted by molar-refractivity contribution is -0.115. The van der Waals surface area contributed by atoms with Crippen molar-refractivity contribution in [2.24, 2.45) is 4.99 Å². The fourth-order valence-corrected chi connectivity index (χ4v) is 3.36. The molecule has 0 radical (unpaired) electrons. The topological polar surface area (TPSA) is 65.4 Å². The van der Waals surface area contributed by atoms with Gasteiger partial charge in [-0.3, -0.25) is 9.79 Å². The number of carbonyl (C=O) groups is 1. The van der Waals surface area contributed by atoms with E-state index in [1.165, 1.54) is 6.21 Å². The van der Waals surface area contributed by atoms with Crippen LogP contribution in [-0.2, 0) is 9.53 Å². The Balaban J connectivity index is 2.19. The number of rotatable bonds is 11. The summed E-state index contributed by atoms with van der Waals surface area (Å²) in [6.45, 7) is 0.847. The van der Waals surface area contributed by atoms with Gasteiger partial charge in [-0.15, -0.1) is 0 Å². The summed E-state index contributed by atoms with van der Waals surface area (Å²) >= 11 is 11.0. The highest BCUT2D eigenvalue weighted by atomic mass is 32.1. The van der Waals surface area contributed by atoms with Crippen molar-refractivity contribution >= 4 is 46.4 Å². The summed E-state index contributed by atoms with van der Waals surface area (Å²) in [5.74, 6) is -0.408. The number of benzene rings is 2. The monoisotopic (exact) mass is 483 g/mol. The lowest BCUT2D eigenvalue weighted by Crippen LogP contribution is -2.34. The van der Waals surface area contributed by atoms with Crippen LogP contribution in [0.1, 0.15) is 11.1 Å². The summed E-state index contributed by atoms with van der Waals surface area (Å²) in [4.78, 5) is 21.9. The number of thiocarbonyl (C=S) groups is 2. The molecule has 0 amide bonds. The first-order valence-corrected chi connectivity index (χ1v) is 11.2. The van der Waals surface area contributed by atoms with Gasteiger partial charge in [0.15, 0.2) is 5.78 Å². The molecule has 0 aliphatic rings. The van der Waals surface area contributed by atoms with E-state index in [2.05, 4.69) is 4.99 Å². The van der Waals surface area contributed by atoms with Crippen molar-refractivity contribution in [2.45, 2.75) is 0 Å². The third kappa shape index (κ3) is 8.16. The third-order valence-electron chi connectivity index (χ3n) is 4.76. The largest absolute Gasteiger partial charge is 0.510 e. The van der Waals surface area contributed by atoms with Gasteiger partial charge in [-0.05, 0) is 0 Å². The number of nitrogens with zero attached hydrogens (tertiary/aromatic N) is 3. The van der Waals surface area contributed by atoms with Crippen molar-refractivity contribution in [3.8, 4) is 0 Å². The van der Waals surface area contributed by atoms with Crippen molar-refractivity contribution in [2.75, 3.05) is 47.4 Å². The minimum atomic E-state index is -0.298. The van der Waals surface area contributed by atoms with Gasteiger partial charge in [-0.2, -0.15) is 0 Å². The van der Waals surface area contributed by atoms with Gasteiger partial charge >= 0.3 is 0 Å². The molecule has 0 spiro atoms. The molecule has 2 aromatic rings. The second-order valence-corrected chi connectivity index (χ2v) is 8.14. The van der Waals surface area contributed by atoms with Crippen LogP contribution < -0.4 is 0 Å². The lowest BCUT2D eigenvalue weighted by atomic mass is 10.1. The van der Waals surface area contributed by atoms with Crippen LogP contribution in [0.4, 0.5) is 0 Å². The Hall–Kier alpha value is -2.94. The van der Waals surface area contributed by atoms with Gasteiger partial charge < -0.3 is 19.6 Å².